The molecule has 0 radical (unpaired) electrons. The minimum Gasteiger partial charge on any atom is -0.315 e. The van der Waals surface area contributed by atoms with Crippen LogP contribution in [0, 0.1) is 11.7 Å². The first kappa shape index (κ1) is 10.1. The van der Waals surface area contributed by atoms with Crippen molar-refractivity contribution in [2.45, 2.75) is 0 Å². The van der Waals surface area contributed by atoms with Gasteiger partial charge in [-0.3, -0.25) is 4.79 Å². The molecule has 1 aromatic rings. The molecular weight excluding hydrogens is 195 g/mol. The number of hydrogen-bond donors (Lipinski definition) is 1. The lowest BCUT2D eigenvalue weighted by Crippen LogP contribution is -2.51. The van der Waals surface area contributed by atoms with Gasteiger partial charge in [-0.2, -0.15) is 0 Å². The fourth-order valence-corrected chi connectivity index (χ4v) is 1.55. The summed E-state index contributed by atoms with van der Waals surface area (Å²) in [6.45, 7) is 1.44. The van der Waals surface area contributed by atoms with Crippen molar-refractivity contribution in [2.24, 2.45) is 5.92 Å². The summed E-state index contributed by atoms with van der Waals surface area (Å²) in [7, 11) is 1.68. The van der Waals surface area contributed by atoms with Crippen molar-refractivity contribution in [3.05, 3.63) is 30.1 Å². The number of rotatable bonds is 2. The van der Waals surface area contributed by atoms with E-state index in [0.29, 0.717) is 5.69 Å². The van der Waals surface area contributed by atoms with Crippen molar-refractivity contribution in [1.82, 2.24) is 5.32 Å². The molecule has 1 saturated heterocycles. The minimum absolute atomic E-state index is 0.0401. The summed E-state index contributed by atoms with van der Waals surface area (Å²) >= 11 is 0. The highest BCUT2D eigenvalue weighted by atomic mass is 19.1. The van der Waals surface area contributed by atoms with Crippen LogP contribution in [0.4, 0.5) is 10.1 Å². The second-order valence-corrected chi connectivity index (χ2v) is 3.73. The highest BCUT2D eigenvalue weighted by molar-refractivity contribution is 5.95. The van der Waals surface area contributed by atoms with Crippen molar-refractivity contribution in [3.63, 3.8) is 0 Å². The fraction of sp³-hybridized carbons (Fsp3) is 0.364. The van der Waals surface area contributed by atoms with Gasteiger partial charge in [-0.05, 0) is 18.2 Å². The Labute approximate surface area is 87.9 Å². The van der Waals surface area contributed by atoms with E-state index < -0.39 is 0 Å². The highest BCUT2D eigenvalue weighted by Gasteiger charge is 2.28. The number of nitrogens with one attached hydrogen (secondary N) is 1. The minimum atomic E-state index is -0.320. The third-order valence-corrected chi connectivity index (χ3v) is 2.66. The summed E-state index contributed by atoms with van der Waals surface area (Å²) in [6.07, 6.45) is 0. The average Bonchev–Trinajstić information content (AvgIpc) is 2.14. The largest absolute Gasteiger partial charge is 0.315 e. The maximum Gasteiger partial charge on any atom is 0.232 e. The van der Waals surface area contributed by atoms with Crippen molar-refractivity contribution >= 4 is 11.6 Å². The predicted molar refractivity (Wildman–Crippen MR) is 56.2 cm³/mol. The molecule has 15 heavy (non-hydrogen) atoms. The molecular formula is C11H13FN2O. The molecule has 0 aromatic heterocycles. The van der Waals surface area contributed by atoms with Crippen LogP contribution in [0.1, 0.15) is 0 Å². The van der Waals surface area contributed by atoms with Gasteiger partial charge in [-0.1, -0.05) is 6.07 Å². The first-order valence-electron chi connectivity index (χ1n) is 4.92. The molecule has 80 valence electrons. The molecule has 2 rings (SSSR count). The van der Waals surface area contributed by atoms with Gasteiger partial charge in [-0.15, -0.1) is 0 Å². The number of halogens is 1. The molecule has 1 heterocycles. The van der Waals surface area contributed by atoms with Gasteiger partial charge in [0, 0.05) is 25.8 Å². The number of hydrogen-bond acceptors (Lipinski definition) is 2. The van der Waals surface area contributed by atoms with E-state index in [-0.39, 0.29) is 17.6 Å². The summed E-state index contributed by atoms with van der Waals surface area (Å²) < 4.78 is 12.9. The van der Waals surface area contributed by atoms with Crippen LogP contribution in [0.2, 0.25) is 0 Å². The molecule has 1 aliphatic rings. The number of carbonyl (C=O) groups excluding carboxylic acids is 1. The lowest BCUT2D eigenvalue weighted by molar-refractivity contribution is -0.123. The topological polar surface area (TPSA) is 32.3 Å². The quantitative estimate of drug-likeness (QED) is 0.786. The molecule has 1 amide bonds. The van der Waals surface area contributed by atoms with Crippen LogP contribution < -0.4 is 10.2 Å². The molecule has 1 aliphatic heterocycles. The van der Waals surface area contributed by atoms with E-state index in [9.17, 15) is 9.18 Å². The van der Waals surface area contributed by atoms with Crippen molar-refractivity contribution in [3.8, 4) is 0 Å². The second kappa shape index (κ2) is 3.98. The monoisotopic (exact) mass is 208 g/mol. The maximum absolute atomic E-state index is 12.9. The van der Waals surface area contributed by atoms with Crippen LogP contribution in [0.15, 0.2) is 24.3 Å². The highest BCUT2D eigenvalue weighted by Crippen LogP contribution is 2.17. The third kappa shape index (κ3) is 1.99. The standard InChI is InChI=1S/C11H13FN2O/c1-14(11(15)8-6-13-7-8)10-4-2-3-9(12)5-10/h2-5,8,13H,6-7H2,1H3. The number of amides is 1. The summed E-state index contributed by atoms with van der Waals surface area (Å²) in [5.74, 6) is -0.239. The predicted octanol–water partition coefficient (Wildman–Crippen LogP) is 1.01. The Morgan fingerprint density at radius 2 is 2.27 bits per heavy atom. The lowest BCUT2D eigenvalue weighted by Gasteiger charge is -2.30. The molecule has 4 heteroatoms. The molecule has 0 aliphatic carbocycles. The second-order valence-electron chi connectivity index (χ2n) is 3.73. The van der Waals surface area contributed by atoms with E-state index >= 15 is 0 Å². The van der Waals surface area contributed by atoms with Crippen LogP contribution >= 0.6 is 0 Å². The SMILES string of the molecule is CN(C(=O)C1CNC1)c1cccc(F)c1. The maximum atomic E-state index is 12.9. The van der Waals surface area contributed by atoms with Gasteiger partial charge in [0.1, 0.15) is 5.82 Å². The first-order chi connectivity index (χ1) is 7.18. The summed E-state index contributed by atoms with van der Waals surface area (Å²) in [5, 5.41) is 3.04. The number of anilines is 1. The van der Waals surface area contributed by atoms with Crippen molar-refractivity contribution < 1.29 is 9.18 Å². The van der Waals surface area contributed by atoms with Crippen molar-refractivity contribution in [2.75, 3.05) is 25.0 Å². The van der Waals surface area contributed by atoms with Crippen LogP contribution in [-0.4, -0.2) is 26.0 Å². The average molecular weight is 208 g/mol. The molecule has 1 N–H and O–H groups in total. The number of benzene rings is 1. The molecule has 0 unspecified atom stereocenters. The summed E-state index contributed by atoms with van der Waals surface area (Å²) in [4.78, 5) is 13.3. The van der Waals surface area contributed by atoms with E-state index in [1.807, 2.05) is 0 Å². The molecule has 3 nitrogen and oxygen atoms in total. The first-order valence-corrected chi connectivity index (χ1v) is 4.92. The summed E-state index contributed by atoms with van der Waals surface area (Å²) in [5.41, 5.74) is 0.604. The zero-order chi connectivity index (χ0) is 10.8. The lowest BCUT2D eigenvalue weighted by atomic mass is 10.0. The Balaban J connectivity index is 2.12. The zero-order valence-electron chi connectivity index (χ0n) is 8.53. The van der Waals surface area contributed by atoms with Gasteiger partial charge < -0.3 is 10.2 Å². The van der Waals surface area contributed by atoms with Gasteiger partial charge in [0.15, 0.2) is 0 Å². The van der Waals surface area contributed by atoms with Crippen LogP contribution in [0.25, 0.3) is 0 Å². The molecule has 0 saturated carbocycles. The molecule has 1 aromatic carbocycles. The van der Waals surface area contributed by atoms with Gasteiger partial charge in [0.2, 0.25) is 5.91 Å². The van der Waals surface area contributed by atoms with Gasteiger partial charge in [-0.25, -0.2) is 4.39 Å². The molecule has 0 spiro atoms. The number of nitrogens with zero attached hydrogens (tertiary/aromatic N) is 1. The van der Waals surface area contributed by atoms with E-state index in [4.69, 9.17) is 0 Å². The normalized spacial score (nSPS) is 15.9. The van der Waals surface area contributed by atoms with Crippen molar-refractivity contribution in [1.29, 1.82) is 0 Å². The summed E-state index contributed by atoms with van der Waals surface area (Å²) in [6, 6.07) is 6.07. The van der Waals surface area contributed by atoms with Crippen LogP contribution in [0.3, 0.4) is 0 Å². The van der Waals surface area contributed by atoms with E-state index in [1.165, 1.54) is 17.0 Å². The zero-order valence-corrected chi connectivity index (χ0v) is 8.53. The fourth-order valence-electron chi connectivity index (χ4n) is 1.55. The van der Waals surface area contributed by atoms with Gasteiger partial charge in [0.25, 0.3) is 0 Å². The smallest absolute Gasteiger partial charge is 0.232 e. The van der Waals surface area contributed by atoms with Gasteiger partial charge in [0.05, 0.1) is 5.92 Å². The van der Waals surface area contributed by atoms with E-state index in [0.717, 1.165) is 13.1 Å². The Kier molecular flexibility index (Phi) is 2.68. The number of carbonyl (C=O) groups is 1. The Morgan fingerprint density at radius 3 is 2.80 bits per heavy atom. The van der Waals surface area contributed by atoms with Crippen LogP contribution in [0.5, 0.6) is 0 Å². The van der Waals surface area contributed by atoms with Crippen LogP contribution in [-0.2, 0) is 4.79 Å². The van der Waals surface area contributed by atoms with Gasteiger partial charge >= 0.3 is 0 Å². The third-order valence-electron chi connectivity index (χ3n) is 2.66. The molecule has 0 bridgehead atoms. The van der Waals surface area contributed by atoms with E-state index in [1.54, 1.807) is 19.2 Å². The molecule has 0 atom stereocenters. The molecule has 1 fully saturated rings. The Bertz CT molecular complexity index is 377. The Morgan fingerprint density at radius 1 is 1.53 bits per heavy atom. The Hall–Kier alpha value is -1.42. The van der Waals surface area contributed by atoms with E-state index in [2.05, 4.69) is 5.32 Å².